The molecular formula is C16H17N3O2. The first kappa shape index (κ1) is 13.4. The smallest absolute Gasteiger partial charge is 0.255 e. The molecule has 0 saturated heterocycles. The summed E-state index contributed by atoms with van der Waals surface area (Å²) in [5.74, 6) is 1.42. The number of benzene rings is 1. The number of carbonyl (C=O) groups is 1. The second-order valence-corrected chi connectivity index (χ2v) is 5.06. The van der Waals surface area contributed by atoms with Crippen LogP contribution in [0.3, 0.4) is 0 Å². The molecule has 0 saturated carbocycles. The van der Waals surface area contributed by atoms with E-state index in [0.717, 1.165) is 22.4 Å². The Morgan fingerprint density at radius 2 is 2.14 bits per heavy atom. The number of fused-ring (bicyclic) bond motifs is 1. The van der Waals surface area contributed by atoms with Crippen LogP contribution in [0.1, 0.15) is 27.5 Å². The fourth-order valence-electron chi connectivity index (χ4n) is 2.42. The molecule has 1 aromatic carbocycles. The topological polar surface area (TPSA) is 70.9 Å². The Hall–Kier alpha value is -2.56. The summed E-state index contributed by atoms with van der Waals surface area (Å²) >= 11 is 0. The molecule has 0 aliphatic rings. The number of hydrogen-bond acceptors (Lipinski definition) is 3. The van der Waals surface area contributed by atoms with E-state index in [0.29, 0.717) is 24.3 Å². The summed E-state index contributed by atoms with van der Waals surface area (Å²) in [6.45, 7) is 4.19. The third-order valence-corrected chi connectivity index (χ3v) is 3.47. The molecule has 3 aromatic rings. The van der Waals surface area contributed by atoms with Gasteiger partial charge in [-0.1, -0.05) is 12.1 Å². The predicted molar refractivity (Wildman–Crippen MR) is 80.3 cm³/mol. The minimum Gasteiger partial charge on any atom is -0.469 e. The van der Waals surface area contributed by atoms with Crippen LogP contribution in [-0.2, 0) is 6.42 Å². The van der Waals surface area contributed by atoms with Crippen LogP contribution >= 0.6 is 0 Å². The molecular weight excluding hydrogens is 266 g/mol. The third-order valence-electron chi connectivity index (χ3n) is 3.47. The van der Waals surface area contributed by atoms with Gasteiger partial charge < -0.3 is 14.7 Å². The van der Waals surface area contributed by atoms with Crippen molar-refractivity contribution in [2.24, 2.45) is 0 Å². The third kappa shape index (κ3) is 2.67. The van der Waals surface area contributed by atoms with E-state index in [-0.39, 0.29) is 5.91 Å². The second-order valence-electron chi connectivity index (χ2n) is 5.06. The van der Waals surface area contributed by atoms with Crippen molar-refractivity contribution >= 4 is 16.9 Å². The predicted octanol–water partition coefficient (Wildman–Crippen LogP) is 2.75. The fraction of sp³-hybridized carbons (Fsp3) is 0.250. The molecule has 21 heavy (non-hydrogen) atoms. The van der Waals surface area contributed by atoms with Crippen molar-refractivity contribution < 1.29 is 9.21 Å². The van der Waals surface area contributed by atoms with Gasteiger partial charge in [0.2, 0.25) is 0 Å². The van der Waals surface area contributed by atoms with Crippen LogP contribution in [0.4, 0.5) is 0 Å². The van der Waals surface area contributed by atoms with Gasteiger partial charge in [0.25, 0.3) is 5.91 Å². The van der Waals surface area contributed by atoms with E-state index in [9.17, 15) is 4.79 Å². The summed E-state index contributed by atoms with van der Waals surface area (Å²) in [7, 11) is 0. The molecule has 5 nitrogen and oxygen atoms in total. The number of hydrogen-bond donors (Lipinski definition) is 2. The van der Waals surface area contributed by atoms with Crippen molar-refractivity contribution in [1.29, 1.82) is 0 Å². The molecule has 1 amide bonds. The van der Waals surface area contributed by atoms with Gasteiger partial charge in [0.15, 0.2) is 0 Å². The standard InChI is InChI=1S/C16H17N3O2/c1-10-9-21-11(2)15(10)16(20)17-8-7-14-18-12-5-3-4-6-13(12)19-14/h3-6,9H,7-8H2,1-2H3,(H,17,20)(H,18,19). The van der Waals surface area contributed by atoms with Gasteiger partial charge >= 0.3 is 0 Å². The average Bonchev–Trinajstić information content (AvgIpc) is 3.01. The number of furan rings is 1. The van der Waals surface area contributed by atoms with E-state index in [4.69, 9.17) is 4.42 Å². The molecule has 2 heterocycles. The molecule has 0 spiro atoms. The Labute approximate surface area is 122 Å². The summed E-state index contributed by atoms with van der Waals surface area (Å²) in [4.78, 5) is 19.8. The molecule has 0 bridgehead atoms. The number of aromatic nitrogens is 2. The number of aromatic amines is 1. The lowest BCUT2D eigenvalue weighted by atomic mass is 10.1. The summed E-state index contributed by atoms with van der Waals surface area (Å²) in [6.07, 6.45) is 2.26. The highest BCUT2D eigenvalue weighted by Gasteiger charge is 2.15. The largest absolute Gasteiger partial charge is 0.469 e. The van der Waals surface area contributed by atoms with Crippen LogP contribution in [0.5, 0.6) is 0 Å². The van der Waals surface area contributed by atoms with E-state index >= 15 is 0 Å². The van der Waals surface area contributed by atoms with Gasteiger partial charge in [0.1, 0.15) is 11.6 Å². The highest BCUT2D eigenvalue weighted by molar-refractivity contribution is 5.96. The molecule has 3 rings (SSSR count). The lowest BCUT2D eigenvalue weighted by Crippen LogP contribution is -2.26. The van der Waals surface area contributed by atoms with Crippen LogP contribution < -0.4 is 5.32 Å². The van der Waals surface area contributed by atoms with Crippen LogP contribution in [0.25, 0.3) is 11.0 Å². The first-order valence-corrected chi connectivity index (χ1v) is 6.91. The number of H-pyrrole nitrogens is 1. The summed E-state index contributed by atoms with van der Waals surface area (Å²) in [5.41, 5.74) is 3.44. The zero-order chi connectivity index (χ0) is 14.8. The first-order valence-electron chi connectivity index (χ1n) is 6.91. The fourth-order valence-corrected chi connectivity index (χ4v) is 2.42. The normalized spacial score (nSPS) is 11.0. The molecule has 0 unspecified atom stereocenters. The molecule has 2 N–H and O–H groups in total. The minimum absolute atomic E-state index is 0.102. The molecule has 108 valence electrons. The van der Waals surface area contributed by atoms with Gasteiger partial charge in [-0.25, -0.2) is 4.98 Å². The Morgan fingerprint density at radius 3 is 2.86 bits per heavy atom. The highest BCUT2D eigenvalue weighted by Crippen LogP contribution is 2.15. The maximum Gasteiger partial charge on any atom is 0.255 e. The Bertz CT molecular complexity index is 733. The Morgan fingerprint density at radius 1 is 1.33 bits per heavy atom. The van der Waals surface area contributed by atoms with Gasteiger partial charge in [-0.05, 0) is 26.0 Å². The average molecular weight is 283 g/mol. The lowest BCUT2D eigenvalue weighted by Gasteiger charge is -2.03. The van der Waals surface area contributed by atoms with Crippen molar-refractivity contribution in [1.82, 2.24) is 15.3 Å². The molecule has 0 aliphatic heterocycles. The van der Waals surface area contributed by atoms with E-state index < -0.39 is 0 Å². The maximum absolute atomic E-state index is 12.1. The molecule has 0 fully saturated rings. The lowest BCUT2D eigenvalue weighted by molar-refractivity contribution is 0.0952. The van der Waals surface area contributed by atoms with Crippen LogP contribution in [0, 0.1) is 13.8 Å². The summed E-state index contributed by atoms with van der Waals surface area (Å²) in [5, 5.41) is 2.90. The Kier molecular flexibility index (Phi) is 3.48. The van der Waals surface area contributed by atoms with E-state index in [2.05, 4.69) is 15.3 Å². The van der Waals surface area contributed by atoms with Gasteiger partial charge in [-0.2, -0.15) is 0 Å². The molecule has 0 aliphatic carbocycles. The molecule has 0 atom stereocenters. The number of nitrogens with zero attached hydrogens (tertiary/aromatic N) is 1. The van der Waals surface area contributed by atoms with Gasteiger partial charge in [-0.3, -0.25) is 4.79 Å². The van der Waals surface area contributed by atoms with Crippen molar-refractivity contribution in [2.45, 2.75) is 20.3 Å². The monoisotopic (exact) mass is 283 g/mol. The van der Waals surface area contributed by atoms with Gasteiger partial charge in [0.05, 0.1) is 22.9 Å². The number of imidazole rings is 1. The maximum atomic E-state index is 12.1. The van der Waals surface area contributed by atoms with Crippen LogP contribution in [0.15, 0.2) is 34.9 Å². The quantitative estimate of drug-likeness (QED) is 0.773. The van der Waals surface area contributed by atoms with Gasteiger partial charge in [0, 0.05) is 18.5 Å². The number of carbonyl (C=O) groups excluding carboxylic acids is 1. The van der Waals surface area contributed by atoms with Gasteiger partial charge in [-0.15, -0.1) is 0 Å². The zero-order valence-corrected chi connectivity index (χ0v) is 12.1. The second kappa shape index (κ2) is 5.44. The number of nitrogens with one attached hydrogen (secondary N) is 2. The summed E-state index contributed by atoms with van der Waals surface area (Å²) < 4.78 is 5.24. The molecule has 0 radical (unpaired) electrons. The first-order chi connectivity index (χ1) is 10.1. The molecule has 5 heteroatoms. The van der Waals surface area contributed by atoms with E-state index in [1.807, 2.05) is 31.2 Å². The van der Waals surface area contributed by atoms with Crippen molar-refractivity contribution in [2.75, 3.05) is 6.54 Å². The number of aryl methyl sites for hydroxylation is 2. The van der Waals surface area contributed by atoms with Crippen molar-refractivity contribution in [3.63, 3.8) is 0 Å². The summed E-state index contributed by atoms with van der Waals surface area (Å²) in [6, 6.07) is 7.88. The van der Waals surface area contributed by atoms with Crippen LogP contribution in [0.2, 0.25) is 0 Å². The van der Waals surface area contributed by atoms with Crippen molar-refractivity contribution in [3.8, 4) is 0 Å². The number of para-hydroxylation sites is 2. The van der Waals surface area contributed by atoms with Crippen LogP contribution in [-0.4, -0.2) is 22.4 Å². The number of rotatable bonds is 4. The zero-order valence-electron chi connectivity index (χ0n) is 12.1. The van der Waals surface area contributed by atoms with E-state index in [1.165, 1.54) is 0 Å². The Balaban J connectivity index is 1.62. The SMILES string of the molecule is Cc1coc(C)c1C(=O)NCCc1nc2ccccc2[nH]1. The minimum atomic E-state index is -0.102. The molecule has 2 aromatic heterocycles. The highest BCUT2D eigenvalue weighted by atomic mass is 16.3. The van der Waals surface area contributed by atoms with Crippen molar-refractivity contribution in [3.05, 3.63) is 53.2 Å². The number of amides is 1. The van der Waals surface area contributed by atoms with E-state index in [1.54, 1.807) is 13.2 Å².